The molecule has 2 N–H and O–H groups in total. The summed E-state index contributed by atoms with van der Waals surface area (Å²) in [7, 11) is 0. The maximum absolute atomic E-state index is 13.1. The van der Waals surface area contributed by atoms with Gasteiger partial charge in [-0.1, -0.05) is 30.3 Å². The Morgan fingerprint density at radius 2 is 1.93 bits per heavy atom. The largest absolute Gasteiger partial charge is 0.361 e. The van der Waals surface area contributed by atoms with Crippen LogP contribution in [0.4, 0.5) is 0 Å². The summed E-state index contributed by atoms with van der Waals surface area (Å²) in [5, 5.41) is 5.74. The minimum atomic E-state index is 0.0850. The van der Waals surface area contributed by atoms with Crippen LogP contribution in [0.3, 0.4) is 0 Å². The van der Waals surface area contributed by atoms with Gasteiger partial charge in [0.25, 0.3) is 5.56 Å². The molecule has 0 aliphatic carbocycles. The zero-order chi connectivity index (χ0) is 18.2. The van der Waals surface area contributed by atoms with E-state index in [1.807, 2.05) is 29.0 Å². The first-order chi connectivity index (χ1) is 13.3. The number of pyridine rings is 1. The Balaban J connectivity index is 1.70. The van der Waals surface area contributed by atoms with Gasteiger partial charge in [-0.15, -0.1) is 0 Å². The second-order valence-electron chi connectivity index (χ2n) is 7.48. The van der Waals surface area contributed by atoms with E-state index in [1.165, 1.54) is 12.8 Å². The molecule has 4 nitrogen and oxygen atoms in total. The molecule has 3 heterocycles. The average molecular weight is 357 g/mol. The summed E-state index contributed by atoms with van der Waals surface area (Å²) in [5.41, 5.74) is 4.32. The number of hydrogen-bond donors (Lipinski definition) is 2. The average Bonchev–Trinajstić information content (AvgIpc) is 3.20. The Morgan fingerprint density at radius 1 is 1.00 bits per heavy atom. The monoisotopic (exact) mass is 357 g/mol. The highest BCUT2D eigenvalue weighted by Crippen LogP contribution is 2.32. The standard InChI is InChI=1S/C23H23N3O/c27-23-13-20(17-7-3-8-21-18(17)10-12-25-21)19-6-1-2-9-22(19)26(23)15-16-5-4-11-24-14-16/h1-3,6-10,12-13,16,24-25H,4-5,11,14-15H2. The number of rotatable bonds is 3. The van der Waals surface area contributed by atoms with Crippen molar-refractivity contribution in [1.29, 1.82) is 0 Å². The molecule has 1 aliphatic rings. The summed E-state index contributed by atoms with van der Waals surface area (Å²) in [6.07, 6.45) is 4.32. The van der Waals surface area contributed by atoms with Crippen LogP contribution >= 0.6 is 0 Å². The normalized spacial score (nSPS) is 17.6. The number of aromatic amines is 1. The van der Waals surface area contributed by atoms with E-state index in [0.717, 1.165) is 52.6 Å². The van der Waals surface area contributed by atoms with E-state index in [9.17, 15) is 4.79 Å². The Morgan fingerprint density at radius 3 is 2.81 bits per heavy atom. The fourth-order valence-electron chi connectivity index (χ4n) is 4.40. The van der Waals surface area contributed by atoms with Gasteiger partial charge < -0.3 is 14.9 Å². The highest BCUT2D eigenvalue weighted by atomic mass is 16.1. The van der Waals surface area contributed by atoms with E-state index in [4.69, 9.17) is 0 Å². The molecule has 2 aromatic heterocycles. The zero-order valence-corrected chi connectivity index (χ0v) is 15.2. The van der Waals surface area contributed by atoms with Gasteiger partial charge in [0.05, 0.1) is 5.52 Å². The first kappa shape index (κ1) is 16.3. The quantitative estimate of drug-likeness (QED) is 0.579. The molecule has 0 radical (unpaired) electrons. The summed E-state index contributed by atoms with van der Waals surface area (Å²) < 4.78 is 1.97. The second-order valence-corrected chi connectivity index (χ2v) is 7.48. The minimum Gasteiger partial charge on any atom is -0.361 e. The molecule has 1 unspecified atom stereocenters. The predicted octanol–water partition coefficient (Wildman–Crippen LogP) is 4.15. The van der Waals surface area contributed by atoms with E-state index in [1.54, 1.807) is 0 Å². The van der Waals surface area contributed by atoms with Crippen LogP contribution in [-0.4, -0.2) is 22.6 Å². The summed E-state index contributed by atoms with van der Waals surface area (Å²) >= 11 is 0. The molecule has 0 saturated carbocycles. The van der Waals surface area contributed by atoms with Crippen molar-refractivity contribution in [3.05, 3.63) is 71.1 Å². The Bertz CT molecular complexity index is 1170. The number of nitrogens with one attached hydrogen (secondary N) is 2. The maximum atomic E-state index is 13.1. The van der Waals surface area contributed by atoms with Crippen molar-refractivity contribution in [1.82, 2.24) is 14.9 Å². The molecule has 1 fully saturated rings. The topological polar surface area (TPSA) is 49.8 Å². The summed E-state index contributed by atoms with van der Waals surface area (Å²) in [6, 6.07) is 18.4. The van der Waals surface area contributed by atoms with Crippen LogP contribution in [0.1, 0.15) is 12.8 Å². The number of H-pyrrole nitrogens is 1. The molecule has 1 aliphatic heterocycles. The van der Waals surface area contributed by atoms with Gasteiger partial charge in [-0.05, 0) is 61.2 Å². The van der Waals surface area contributed by atoms with E-state index in [0.29, 0.717) is 5.92 Å². The molecule has 27 heavy (non-hydrogen) atoms. The van der Waals surface area contributed by atoms with Gasteiger partial charge in [0.15, 0.2) is 0 Å². The molecule has 1 atom stereocenters. The van der Waals surface area contributed by atoms with Crippen molar-refractivity contribution >= 4 is 21.8 Å². The van der Waals surface area contributed by atoms with Crippen LogP contribution in [0, 0.1) is 5.92 Å². The molecule has 4 heteroatoms. The third-order valence-electron chi connectivity index (χ3n) is 5.74. The van der Waals surface area contributed by atoms with Gasteiger partial charge in [0.2, 0.25) is 0 Å². The first-order valence-corrected chi connectivity index (χ1v) is 9.71. The number of hydrogen-bond acceptors (Lipinski definition) is 2. The molecule has 1 saturated heterocycles. The SMILES string of the molecule is O=c1cc(-c2cccc3[nH]ccc23)c2ccccc2n1CC1CCCNC1. The number of para-hydroxylation sites is 1. The number of benzene rings is 2. The van der Waals surface area contributed by atoms with E-state index < -0.39 is 0 Å². The van der Waals surface area contributed by atoms with Gasteiger partial charge in [-0.25, -0.2) is 0 Å². The molecule has 5 rings (SSSR count). The first-order valence-electron chi connectivity index (χ1n) is 9.71. The van der Waals surface area contributed by atoms with Crippen molar-refractivity contribution in [3.63, 3.8) is 0 Å². The molecule has 136 valence electrons. The molecule has 0 amide bonds. The van der Waals surface area contributed by atoms with Crippen molar-refractivity contribution in [2.24, 2.45) is 5.92 Å². The Hall–Kier alpha value is -2.85. The van der Waals surface area contributed by atoms with E-state index in [-0.39, 0.29) is 5.56 Å². The number of piperidine rings is 1. The Labute approximate surface area is 157 Å². The number of aromatic nitrogens is 2. The van der Waals surface area contributed by atoms with Gasteiger partial charge in [-0.3, -0.25) is 4.79 Å². The highest BCUT2D eigenvalue weighted by molar-refractivity contribution is 6.03. The van der Waals surface area contributed by atoms with Gasteiger partial charge in [-0.2, -0.15) is 0 Å². The smallest absolute Gasteiger partial charge is 0.251 e. The third kappa shape index (κ3) is 2.86. The fraction of sp³-hybridized carbons (Fsp3) is 0.261. The summed E-state index contributed by atoms with van der Waals surface area (Å²) in [5.74, 6) is 0.513. The van der Waals surface area contributed by atoms with Crippen molar-refractivity contribution in [2.75, 3.05) is 13.1 Å². The van der Waals surface area contributed by atoms with Crippen LogP contribution < -0.4 is 10.9 Å². The Kier molecular flexibility index (Phi) is 4.06. The van der Waals surface area contributed by atoms with Crippen molar-refractivity contribution < 1.29 is 0 Å². The lowest BCUT2D eigenvalue weighted by atomic mass is 9.96. The fourth-order valence-corrected chi connectivity index (χ4v) is 4.40. The molecule has 4 aromatic rings. The number of fused-ring (bicyclic) bond motifs is 2. The molecule has 0 spiro atoms. The van der Waals surface area contributed by atoms with Crippen molar-refractivity contribution in [3.8, 4) is 11.1 Å². The maximum Gasteiger partial charge on any atom is 0.251 e. The number of nitrogens with zero attached hydrogens (tertiary/aromatic N) is 1. The van der Waals surface area contributed by atoms with Gasteiger partial charge >= 0.3 is 0 Å². The van der Waals surface area contributed by atoms with Crippen LogP contribution in [0.15, 0.2) is 65.6 Å². The minimum absolute atomic E-state index is 0.0850. The van der Waals surface area contributed by atoms with Crippen molar-refractivity contribution in [2.45, 2.75) is 19.4 Å². The third-order valence-corrected chi connectivity index (χ3v) is 5.74. The summed E-state index contributed by atoms with van der Waals surface area (Å²) in [4.78, 5) is 16.4. The van der Waals surface area contributed by atoms with E-state index >= 15 is 0 Å². The lowest BCUT2D eigenvalue weighted by Crippen LogP contribution is -2.34. The molecular formula is C23H23N3O. The lowest BCUT2D eigenvalue weighted by molar-refractivity contribution is 0.338. The zero-order valence-electron chi connectivity index (χ0n) is 15.2. The van der Waals surface area contributed by atoms with Gasteiger partial charge in [0, 0.05) is 35.1 Å². The molecule has 2 aromatic carbocycles. The van der Waals surface area contributed by atoms with Crippen LogP contribution in [0.2, 0.25) is 0 Å². The van der Waals surface area contributed by atoms with Gasteiger partial charge in [0.1, 0.15) is 0 Å². The second kappa shape index (κ2) is 6.71. The molecular weight excluding hydrogens is 334 g/mol. The van der Waals surface area contributed by atoms with Crippen LogP contribution in [0.25, 0.3) is 32.9 Å². The van der Waals surface area contributed by atoms with E-state index in [2.05, 4.69) is 46.7 Å². The summed E-state index contributed by atoms with van der Waals surface area (Å²) in [6.45, 7) is 2.86. The molecule has 0 bridgehead atoms. The highest BCUT2D eigenvalue weighted by Gasteiger charge is 2.17. The lowest BCUT2D eigenvalue weighted by Gasteiger charge is -2.24. The van der Waals surface area contributed by atoms with Crippen LogP contribution in [-0.2, 0) is 6.54 Å². The van der Waals surface area contributed by atoms with Crippen LogP contribution in [0.5, 0.6) is 0 Å². The predicted molar refractivity (Wildman–Crippen MR) is 111 cm³/mol.